The summed E-state index contributed by atoms with van der Waals surface area (Å²) in [6, 6.07) is 9.55. The van der Waals surface area contributed by atoms with Gasteiger partial charge in [0.05, 0.1) is 19.3 Å². The summed E-state index contributed by atoms with van der Waals surface area (Å²) in [4.78, 5) is 11.5. The normalized spacial score (nSPS) is 10.4. The SMILES string of the molecule is COc1ccc(Br)cc1Cn1cccc1C(C)=O. The van der Waals surface area contributed by atoms with Crippen molar-refractivity contribution in [1.82, 2.24) is 4.57 Å². The summed E-state index contributed by atoms with van der Waals surface area (Å²) in [6.07, 6.45) is 1.90. The van der Waals surface area contributed by atoms with Gasteiger partial charge in [0.25, 0.3) is 0 Å². The Morgan fingerprint density at radius 1 is 1.39 bits per heavy atom. The Kier molecular flexibility index (Phi) is 3.87. The molecular formula is C14H14BrNO2. The molecule has 94 valence electrons. The lowest BCUT2D eigenvalue weighted by Gasteiger charge is -2.11. The maximum Gasteiger partial charge on any atom is 0.176 e. The van der Waals surface area contributed by atoms with Gasteiger partial charge in [0.2, 0.25) is 0 Å². The summed E-state index contributed by atoms with van der Waals surface area (Å²) in [5.74, 6) is 0.885. The highest BCUT2D eigenvalue weighted by molar-refractivity contribution is 9.10. The number of carbonyl (C=O) groups is 1. The van der Waals surface area contributed by atoms with Crippen molar-refractivity contribution >= 4 is 21.7 Å². The van der Waals surface area contributed by atoms with Gasteiger partial charge < -0.3 is 9.30 Å². The monoisotopic (exact) mass is 307 g/mol. The summed E-state index contributed by atoms with van der Waals surface area (Å²) in [5, 5.41) is 0. The number of nitrogens with zero attached hydrogens (tertiary/aromatic N) is 1. The van der Waals surface area contributed by atoms with E-state index in [2.05, 4.69) is 15.9 Å². The van der Waals surface area contributed by atoms with E-state index in [1.807, 2.05) is 41.1 Å². The van der Waals surface area contributed by atoms with Gasteiger partial charge in [0.15, 0.2) is 5.78 Å². The van der Waals surface area contributed by atoms with Crippen molar-refractivity contribution in [2.75, 3.05) is 7.11 Å². The van der Waals surface area contributed by atoms with Crippen LogP contribution < -0.4 is 4.74 Å². The average Bonchev–Trinajstić information content (AvgIpc) is 2.77. The molecular weight excluding hydrogens is 294 g/mol. The van der Waals surface area contributed by atoms with Gasteiger partial charge in [-0.2, -0.15) is 0 Å². The zero-order valence-corrected chi connectivity index (χ0v) is 11.9. The Labute approximate surface area is 115 Å². The van der Waals surface area contributed by atoms with Crippen molar-refractivity contribution in [3.8, 4) is 5.75 Å². The third-order valence-corrected chi connectivity index (χ3v) is 3.27. The molecule has 0 bridgehead atoms. The molecule has 3 nitrogen and oxygen atoms in total. The number of hydrogen-bond donors (Lipinski definition) is 0. The van der Waals surface area contributed by atoms with Crippen LogP contribution in [0.15, 0.2) is 41.0 Å². The standard InChI is InChI=1S/C14H14BrNO2/c1-10(17)13-4-3-7-16(13)9-11-8-12(15)5-6-14(11)18-2/h3-8H,9H2,1-2H3. The maximum absolute atomic E-state index is 11.5. The molecule has 0 fully saturated rings. The second-order valence-corrected chi connectivity index (χ2v) is 4.95. The van der Waals surface area contributed by atoms with Crippen LogP contribution in [-0.4, -0.2) is 17.5 Å². The highest BCUT2D eigenvalue weighted by Gasteiger charge is 2.09. The summed E-state index contributed by atoms with van der Waals surface area (Å²) >= 11 is 3.45. The number of benzene rings is 1. The van der Waals surface area contributed by atoms with Gasteiger partial charge in [0, 0.05) is 23.2 Å². The van der Waals surface area contributed by atoms with Gasteiger partial charge in [-0.05, 0) is 30.3 Å². The molecule has 0 amide bonds. The van der Waals surface area contributed by atoms with Crippen molar-refractivity contribution < 1.29 is 9.53 Å². The van der Waals surface area contributed by atoms with Crippen molar-refractivity contribution in [3.05, 3.63) is 52.3 Å². The minimum atomic E-state index is 0.0639. The zero-order valence-electron chi connectivity index (χ0n) is 10.3. The van der Waals surface area contributed by atoms with Gasteiger partial charge in [-0.25, -0.2) is 0 Å². The topological polar surface area (TPSA) is 31.2 Å². The number of ether oxygens (including phenoxy) is 1. The quantitative estimate of drug-likeness (QED) is 0.809. The van der Waals surface area contributed by atoms with Gasteiger partial charge >= 0.3 is 0 Å². The molecule has 1 aromatic carbocycles. The van der Waals surface area contributed by atoms with Crippen LogP contribution in [0.3, 0.4) is 0 Å². The van der Waals surface area contributed by atoms with Crippen LogP contribution in [0.25, 0.3) is 0 Å². The fourth-order valence-corrected chi connectivity index (χ4v) is 2.33. The first-order valence-electron chi connectivity index (χ1n) is 5.60. The number of Topliss-reactive ketones (excluding diaryl/α,β-unsaturated/α-hetero) is 1. The van der Waals surface area contributed by atoms with Gasteiger partial charge in [-0.3, -0.25) is 4.79 Å². The predicted octanol–water partition coefficient (Wildman–Crippen LogP) is 3.51. The molecule has 0 aliphatic heterocycles. The number of ketones is 1. The first kappa shape index (κ1) is 12.9. The van der Waals surface area contributed by atoms with E-state index < -0.39 is 0 Å². The van der Waals surface area contributed by atoms with Gasteiger partial charge in [-0.1, -0.05) is 15.9 Å². The molecule has 0 saturated carbocycles. The molecule has 18 heavy (non-hydrogen) atoms. The number of carbonyl (C=O) groups excluding carboxylic acids is 1. The van der Waals surface area contributed by atoms with E-state index >= 15 is 0 Å². The molecule has 0 unspecified atom stereocenters. The van der Waals surface area contributed by atoms with E-state index in [1.54, 1.807) is 14.0 Å². The molecule has 0 saturated heterocycles. The Balaban J connectivity index is 2.36. The van der Waals surface area contributed by atoms with Crippen molar-refractivity contribution in [2.24, 2.45) is 0 Å². The van der Waals surface area contributed by atoms with Crippen LogP contribution in [0, 0.1) is 0 Å². The van der Waals surface area contributed by atoms with Crippen LogP contribution in [0.5, 0.6) is 5.75 Å². The van der Waals surface area contributed by atoms with Crippen molar-refractivity contribution in [2.45, 2.75) is 13.5 Å². The molecule has 0 radical (unpaired) electrons. The number of methoxy groups -OCH3 is 1. The predicted molar refractivity (Wildman–Crippen MR) is 74.2 cm³/mol. The van der Waals surface area contributed by atoms with Crippen LogP contribution >= 0.6 is 15.9 Å². The van der Waals surface area contributed by atoms with E-state index in [1.165, 1.54) is 0 Å². The molecule has 0 atom stereocenters. The average molecular weight is 308 g/mol. The first-order valence-corrected chi connectivity index (χ1v) is 6.39. The second kappa shape index (κ2) is 5.40. The van der Waals surface area contributed by atoms with Crippen molar-refractivity contribution in [3.63, 3.8) is 0 Å². The van der Waals surface area contributed by atoms with E-state index in [9.17, 15) is 4.79 Å². The Bertz CT molecular complexity index is 575. The molecule has 0 N–H and O–H groups in total. The molecule has 2 aromatic rings. The number of aromatic nitrogens is 1. The van der Waals surface area contributed by atoms with Crippen LogP contribution in [-0.2, 0) is 6.54 Å². The second-order valence-electron chi connectivity index (χ2n) is 4.03. The van der Waals surface area contributed by atoms with Crippen LogP contribution in [0.1, 0.15) is 23.0 Å². The Morgan fingerprint density at radius 2 is 2.17 bits per heavy atom. The van der Waals surface area contributed by atoms with E-state index in [0.717, 1.165) is 15.8 Å². The summed E-state index contributed by atoms with van der Waals surface area (Å²) in [5.41, 5.74) is 1.74. The minimum absolute atomic E-state index is 0.0639. The molecule has 0 aliphatic carbocycles. The largest absolute Gasteiger partial charge is 0.496 e. The van der Waals surface area contributed by atoms with E-state index in [4.69, 9.17) is 4.74 Å². The van der Waals surface area contributed by atoms with Gasteiger partial charge in [0.1, 0.15) is 5.75 Å². The van der Waals surface area contributed by atoms with Gasteiger partial charge in [-0.15, -0.1) is 0 Å². The first-order chi connectivity index (χ1) is 8.61. The third-order valence-electron chi connectivity index (χ3n) is 2.77. The van der Waals surface area contributed by atoms with Crippen LogP contribution in [0.2, 0.25) is 0 Å². The third kappa shape index (κ3) is 2.64. The number of halogens is 1. The molecule has 0 spiro atoms. The number of hydrogen-bond acceptors (Lipinski definition) is 2. The lowest BCUT2D eigenvalue weighted by Crippen LogP contribution is -2.07. The Morgan fingerprint density at radius 3 is 2.83 bits per heavy atom. The van der Waals surface area contributed by atoms with E-state index in [0.29, 0.717) is 12.2 Å². The highest BCUT2D eigenvalue weighted by atomic mass is 79.9. The smallest absolute Gasteiger partial charge is 0.176 e. The van der Waals surface area contributed by atoms with E-state index in [-0.39, 0.29) is 5.78 Å². The molecule has 1 aromatic heterocycles. The summed E-state index contributed by atoms with van der Waals surface area (Å²) in [7, 11) is 1.65. The number of rotatable bonds is 4. The molecule has 2 rings (SSSR count). The highest BCUT2D eigenvalue weighted by Crippen LogP contribution is 2.24. The lowest BCUT2D eigenvalue weighted by atomic mass is 10.2. The molecule has 4 heteroatoms. The fourth-order valence-electron chi connectivity index (χ4n) is 1.93. The summed E-state index contributed by atoms with van der Waals surface area (Å²) < 4.78 is 8.25. The lowest BCUT2D eigenvalue weighted by molar-refractivity contribution is 0.100. The zero-order chi connectivity index (χ0) is 13.1. The Hall–Kier alpha value is -1.55. The molecule has 0 aliphatic rings. The fraction of sp³-hybridized carbons (Fsp3) is 0.214. The minimum Gasteiger partial charge on any atom is -0.496 e. The van der Waals surface area contributed by atoms with Crippen molar-refractivity contribution in [1.29, 1.82) is 0 Å². The maximum atomic E-state index is 11.5. The summed E-state index contributed by atoms with van der Waals surface area (Å²) in [6.45, 7) is 2.19. The van der Waals surface area contributed by atoms with Crippen LogP contribution in [0.4, 0.5) is 0 Å². The molecule has 1 heterocycles.